The van der Waals surface area contributed by atoms with Crippen LogP contribution in [0.1, 0.15) is 68.7 Å². The van der Waals surface area contributed by atoms with Crippen LogP contribution in [0, 0.1) is 13.8 Å². The molecule has 0 unspecified atom stereocenters. The van der Waals surface area contributed by atoms with Crippen LogP contribution >= 0.6 is 34.8 Å². The summed E-state index contributed by atoms with van der Waals surface area (Å²) in [6.45, 7) is 23.2. The molecule has 0 atom stereocenters. The van der Waals surface area contributed by atoms with Gasteiger partial charge in [-0.25, -0.2) is 31.6 Å². The molecule has 12 rings (SSSR count). The Morgan fingerprint density at radius 2 is 1.04 bits per heavy atom. The lowest BCUT2D eigenvalue weighted by molar-refractivity contribution is 0.0589. The Morgan fingerprint density at radius 1 is 0.590 bits per heavy atom. The van der Waals surface area contributed by atoms with Crippen LogP contribution in [0.3, 0.4) is 0 Å². The quantitative estimate of drug-likeness (QED) is 0.0444. The highest BCUT2D eigenvalue weighted by atomic mass is 35.5. The molecule has 0 spiro atoms. The fourth-order valence-electron chi connectivity index (χ4n) is 13.0. The highest BCUT2D eigenvalue weighted by Crippen LogP contribution is 2.39. The molecule has 8 heterocycles. The molecule has 31 heteroatoms. The number of hydrogen-bond acceptors (Lipinski definition) is 25. The summed E-state index contributed by atoms with van der Waals surface area (Å²) >= 11 is 18.4. The van der Waals surface area contributed by atoms with E-state index in [1.807, 2.05) is 40.0 Å². The van der Waals surface area contributed by atoms with E-state index in [-0.39, 0.29) is 32.7 Å². The number of fused-ring (bicyclic) bond motifs is 2. The van der Waals surface area contributed by atoms with Gasteiger partial charge in [0.1, 0.15) is 15.6 Å². The van der Waals surface area contributed by atoms with Crippen molar-refractivity contribution < 1.29 is 26.4 Å². The molecule has 100 heavy (non-hydrogen) atoms. The van der Waals surface area contributed by atoms with Gasteiger partial charge in [-0.15, -0.1) is 0 Å². The second-order valence-electron chi connectivity index (χ2n) is 27.1. The largest absolute Gasteiger partial charge is 0.443 e. The minimum absolute atomic E-state index is 0.0205. The van der Waals surface area contributed by atoms with E-state index in [0.29, 0.717) is 79.8 Å². The molecule has 536 valence electrons. The van der Waals surface area contributed by atoms with Crippen molar-refractivity contribution in [2.24, 2.45) is 0 Å². The predicted molar refractivity (Wildman–Crippen MR) is 405 cm³/mol. The highest BCUT2D eigenvalue weighted by molar-refractivity contribution is 7.90. The molecule has 4 fully saturated rings. The Labute approximate surface area is 601 Å². The van der Waals surface area contributed by atoms with Crippen LogP contribution in [-0.2, 0) is 35.9 Å². The lowest BCUT2D eigenvalue weighted by Gasteiger charge is -2.43. The normalized spacial score (nSPS) is 16.5. The van der Waals surface area contributed by atoms with Gasteiger partial charge >= 0.3 is 6.09 Å². The summed E-state index contributed by atoms with van der Waals surface area (Å²) in [5, 5.41) is 13.5. The van der Waals surface area contributed by atoms with E-state index in [1.54, 1.807) is 49.9 Å². The van der Waals surface area contributed by atoms with Crippen molar-refractivity contribution in [2.45, 2.75) is 89.5 Å². The van der Waals surface area contributed by atoms with Crippen LogP contribution in [0.5, 0.6) is 0 Å². The zero-order valence-electron chi connectivity index (χ0n) is 58.7. The number of hydrogen-bond donors (Lipinski definition) is 5. The van der Waals surface area contributed by atoms with Gasteiger partial charge in [-0.2, -0.15) is 9.97 Å². The van der Waals surface area contributed by atoms with Crippen molar-refractivity contribution in [2.75, 3.05) is 161 Å². The number of nitrogens with one attached hydrogen (secondary N) is 4. The van der Waals surface area contributed by atoms with Gasteiger partial charge in [0.25, 0.3) is 0 Å². The van der Waals surface area contributed by atoms with Gasteiger partial charge in [-0.3, -0.25) is 34.6 Å². The van der Waals surface area contributed by atoms with Gasteiger partial charge in [-0.05, 0) is 146 Å². The van der Waals surface area contributed by atoms with Crippen molar-refractivity contribution in [3.8, 4) is 0 Å². The number of sulfone groups is 2. The third kappa shape index (κ3) is 19.6. The fraction of sp³-hybridized carbons (Fsp3) is 0.464. The van der Waals surface area contributed by atoms with Crippen molar-refractivity contribution >= 4 is 146 Å². The maximum absolute atomic E-state index is 12.6. The molecule has 4 aromatic carbocycles. The van der Waals surface area contributed by atoms with Gasteiger partial charge in [0, 0.05) is 176 Å². The maximum Gasteiger partial charge on any atom is 0.414 e. The average Bonchev–Trinajstić information content (AvgIpc) is 0.807. The number of piperidine rings is 2. The molecular formula is C69H91Cl3N20O6S2. The lowest BCUT2D eigenvalue weighted by Crippen LogP contribution is -2.52. The van der Waals surface area contributed by atoms with Crippen molar-refractivity contribution in [3.05, 3.63) is 123 Å². The van der Waals surface area contributed by atoms with Gasteiger partial charge in [0.15, 0.2) is 31.3 Å². The number of amides is 1. The van der Waals surface area contributed by atoms with Gasteiger partial charge < -0.3 is 51.3 Å². The molecule has 4 saturated heterocycles. The van der Waals surface area contributed by atoms with Crippen LogP contribution in [0.15, 0.2) is 85.7 Å². The average molecular weight is 1470 g/mol. The van der Waals surface area contributed by atoms with Crippen LogP contribution in [0.4, 0.5) is 67.9 Å². The summed E-state index contributed by atoms with van der Waals surface area (Å²) in [7, 11) is 1.36. The number of carbonyl (C=O) groups is 1. The first-order valence-corrected chi connectivity index (χ1v) is 38.6. The molecule has 4 aliphatic rings. The van der Waals surface area contributed by atoms with Gasteiger partial charge in [0.05, 0.1) is 68.7 Å². The Morgan fingerprint density at radius 3 is 1.51 bits per heavy atom. The summed E-state index contributed by atoms with van der Waals surface area (Å²) in [6, 6.07) is 16.6. The highest BCUT2D eigenvalue weighted by Gasteiger charge is 2.31. The Kier molecular flexibility index (Phi) is 24.3. The zero-order valence-corrected chi connectivity index (χ0v) is 62.6. The number of nitrogens with zero attached hydrogens (tertiary/aromatic N) is 15. The number of likely N-dealkylation sites (N-methyl/N-ethyl adjacent to an activating group) is 2. The van der Waals surface area contributed by atoms with E-state index in [0.717, 1.165) is 99.9 Å². The van der Waals surface area contributed by atoms with Crippen molar-refractivity contribution in [1.29, 1.82) is 0 Å². The number of rotatable bonds is 16. The van der Waals surface area contributed by atoms with Gasteiger partial charge in [0.2, 0.25) is 11.2 Å². The summed E-state index contributed by atoms with van der Waals surface area (Å²) in [4.78, 5) is 63.2. The molecule has 0 bridgehead atoms. The SMILES string of the molecule is CNc1cc(N2CCC(N3CCN(C)CC3)CC2)c(C)cc1Nc1ncc(Cl)c(Nc2ccc3nccnc3c2CS(C)(=O)=O)n1.CS(=O)(=O)Cc1c(Nc2nc(Cl)ncc2Cl)ccc2nccnc12.Cc1cc(N)c(N(C)C(=O)OC(C)(C)C)cc1N1CCC(N2CCN(C)CC2)CC1. The first-order valence-electron chi connectivity index (χ1n) is 33.3. The van der Waals surface area contributed by atoms with Crippen LogP contribution in [0.25, 0.3) is 22.1 Å². The first kappa shape index (κ1) is 74.9. The minimum Gasteiger partial charge on any atom is -0.443 e. The summed E-state index contributed by atoms with van der Waals surface area (Å²) in [5.41, 5.74) is 17.7. The monoisotopic (exact) mass is 1460 g/mol. The molecule has 4 aliphatic heterocycles. The van der Waals surface area contributed by atoms with Crippen molar-refractivity contribution in [1.82, 2.24) is 59.5 Å². The predicted octanol–water partition coefficient (Wildman–Crippen LogP) is 10.9. The van der Waals surface area contributed by atoms with E-state index in [1.165, 1.54) is 74.2 Å². The third-order valence-corrected chi connectivity index (χ3v) is 20.6. The number of aryl methyl sites for hydroxylation is 2. The summed E-state index contributed by atoms with van der Waals surface area (Å²) in [5.74, 6) is 0.522. The molecular weight excluding hydrogens is 1380 g/mol. The third-order valence-electron chi connectivity index (χ3n) is 18.2. The fourth-order valence-corrected chi connectivity index (χ4v) is 15.0. The molecule has 1 amide bonds. The number of benzene rings is 4. The maximum atomic E-state index is 12.6. The number of nitrogens with two attached hydrogens (primary N) is 1. The van der Waals surface area contributed by atoms with Gasteiger partial charge in [-0.1, -0.05) is 23.2 Å². The number of piperazine rings is 2. The van der Waals surface area contributed by atoms with E-state index in [4.69, 9.17) is 45.3 Å². The Bertz CT molecular complexity index is 4450. The molecule has 8 aromatic rings. The second kappa shape index (κ2) is 32.5. The molecule has 0 aliphatic carbocycles. The van der Waals surface area contributed by atoms with Crippen LogP contribution in [0.2, 0.25) is 15.3 Å². The number of aromatic nitrogens is 8. The van der Waals surface area contributed by atoms with E-state index in [2.05, 4.69) is 131 Å². The molecule has 0 radical (unpaired) electrons. The Balaban J connectivity index is 0.000000173. The molecule has 4 aromatic heterocycles. The smallest absolute Gasteiger partial charge is 0.414 e. The Hall–Kier alpha value is -7.80. The summed E-state index contributed by atoms with van der Waals surface area (Å²) < 4.78 is 53.8. The zero-order chi connectivity index (χ0) is 71.8. The van der Waals surface area contributed by atoms with Crippen LogP contribution in [-0.4, -0.2) is 219 Å². The van der Waals surface area contributed by atoms with Crippen molar-refractivity contribution in [3.63, 3.8) is 0 Å². The van der Waals surface area contributed by atoms with E-state index >= 15 is 0 Å². The number of anilines is 11. The van der Waals surface area contributed by atoms with E-state index < -0.39 is 31.4 Å². The number of nitrogen functional groups attached to an aromatic ring is 1. The second-order valence-corrected chi connectivity index (χ2v) is 32.5. The van der Waals surface area contributed by atoms with Crippen LogP contribution < -0.4 is 41.7 Å². The molecule has 0 saturated carbocycles. The van der Waals surface area contributed by atoms with E-state index in [9.17, 15) is 21.6 Å². The lowest BCUT2D eigenvalue weighted by atomic mass is 10.00. The number of halogens is 3. The standard InChI is InChI=1S/C32H41ClN10O2S.C23H39N5O2.C14H11Cl2N5O2S/c1-21-17-28(27(34-2)18-29(21)43-11-7-22(8-12-43)42-15-13-41(3)14-16-42)39-32-37-19-24(33)31(40-32)38-25-5-6-26-30(36-10-9-35-26)23(25)20-46(4,44)45;1-17-15-19(24)21(26(6)22(29)30-23(2,3)4)16-20(17)28-9-7-18(8-10-28)27-13-11-25(5)12-14-27;1-24(22,23)7-8-10(2-3-11-12(8)18-5-4-17-11)20-13-9(15)6-19-14(16)21-13/h5-6,9-10,17-19,22,34H,7-8,11-16,20H2,1-4H3,(H2,37,38,39,40);15-16,18H,7-14,24H2,1-6H3;2-6H,7H2,1H3,(H,19,20,21). The molecule has 26 nitrogen and oxygen atoms in total. The summed E-state index contributed by atoms with van der Waals surface area (Å²) in [6.07, 6.45) is 15.7. The first-order chi connectivity index (χ1) is 47.5. The minimum atomic E-state index is -3.38. The topological polar surface area (TPSA) is 295 Å². The number of carbonyl (C=O) groups excluding carboxylic acids is 1. The number of ether oxygens (including phenoxy) is 1. The molecule has 6 N–H and O–H groups in total.